The van der Waals surface area contributed by atoms with E-state index >= 15 is 0 Å². The van der Waals surface area contributed by atoms with Crippen molar-refractivity contribution in [3.05, 3.63) is 35.4 Å². The molecule has 21 heavy (non-hydrogen) atoms. The number of piperidine rings is 1. The molecule has 0 amide bonds. The second-order valence-electron chi connectivity index (χ2n) is 6.98. The third kappa shape index (κ3) is 0.701. The summed E-state index contributed by atoms with van der Waals surface area (Å²) in [6, 6.07) is 3.55. The van der Waals surface area contributed by atoms with Crippen LogP contribution >= 0.6 is 0 Å². The highest BCUT2D eigenvalue weighted by Gasteiger charge is 2.90. The fraction of sp³-hybridized carbons (Fsp3) is 0.438. The monoisotopic (exact) mass is 283 g/mol. The largest absolute Gasteiger partial charge is 0.504 e. The molecule has 106 valence electrons. The molecule has 1 saturated heterocycles. The highest BCUT2D eigenvalue weighted by molar-refractivity contribution is 6.00. The summed E-state index contributed by atoms with van der Waals surface area (Å²) in [7, 11) is 2.01. The number of ether oxygens (including phenoxy) is 1. The molecule has 5 nitrogen and oxygen atoms in total. The van der Waals surface area contributed by atoms with E-state index in [9.17, 15) is 15.0 Å². The van der Waals surface area contributed by atoms with E-state index in [1.165, 1.54) is 6.08 Å². The Morgan fingerprint density at radius 3 is 3.05 bits per heavy atom. The minimum atomic E-state index is -1.09. The molecule has 2 aliphatic heterocycles. The molecule has 1 saturated carbocycles. The van der Waals surface area contributed by atoms with Crippen molar-refractivity contribution in [3.63, 3.8) is 0 Å². The number of aromatic hydroxyl groups is 1. The molecule has 1 aromatic rings. The second kappa shape index (κ2) is 2.51. The lowest BCUT2D eigenvalue weighted by Crippen LogP contribution is -2.61. The fourth-order valence-electron chi connectivity index (χ4n) is 5.87. The minimum Gasteiger partial charge on any atom is -0.504 e. The van der Waals surface area contributed by atoms with Crippen LogP contribution in [0.15, 0.2) is 24.3 Å². The predicted octanol–water partition coefficient (Wildman–Crippen LogP) is 0.188. The smallest absolute Gasteiger partial charge is 0.196 e. The van der Waals surface area contributed by atoms with Crippen LogP contribution in [0.1, 0.15) is 17.5 Å². The van der Waals surface area contributed by atoms with Crippen molar-refractivity contribution in [2.24, 2.45) is 0 Å². The molecule has 6 rings (SSSR count). The molecule has 0 radical (unpaired) electrons. The number of phenolic OH excluding ortho intramolecular Hbond substituents is 1. The van der Waals surface area contributed by atoms with E-state index in [1.54, 1.807) is 12.1 Å². The van der Waals surface area contributed by atoms with E-state index < -0.39 is 17.1 Å². The van der Waals surface area contributed by atoms with Gasteiger partial charge in [-0.15, -0.1) is 0 Å². The van der Waals surface area contributed by atoms with Gasteiger partial charge in [0.1, 0.15) is 5.60 Å². The van der Waals surface area contributed by atoms with Crippen LogP contribution in [0.4, 0.5) is 0 Å². The van der Waals surface area contributed by atoms with Gasteiger partial charge in [0.15, 0.2) is 23.4 Å². The molecule has 3 aliphatic carbocycles. The van der Waals surface area contributed by atoms with Crippen LogP contribution in [0.5, 0.6) is 11.5 Å². The molecule has 2 unspecified atom stereocenters. The van der Waals surface area contributed by atoms with Gasteiger partial charge in [-0.05, 0) is 37.3 Å². The van der Waals surface area contributed by atoms with Crippen LogP contribution in [0.2, 0.25) is 0 Å². The summed E-state index contributed by atoms with van der Waals surface area (Å²) in [6.45, 7) is 0. The minimum absolute atomic E-state index is 0.0107. The van der Waals surface area contributed by atoms with E-state index in [1.807, 2.05) is 13.1 Å². The Bertz CT molecular complexity index is 817. The van der Waals surface area contributed by atoms with Gasteiger partial charge in [-0.2, -0.15) is 0 Å². The molecule has 2 bridgehead atoms. The quantitative estimate of drug-likeness (QED) is 0.665. The van der Waals surface area contributed by atoms with E-state index in [4.69, 9.17) is 4.74 Å². The number of benzene rings is 1. The lowest BCUT2D eigenvalue weighted by Gasteiger charge is -2.44. The molecular formula is C16H13NO4. The Kier molecular flexibility index (Phi) is 1.29. The van der Waals surface area contributed by atoms with Crippen molar-refractivity contribution < 1.29 is 19.7 Å². The van der Waals surface area contributed by atoms with Gasteiger partial charge in [-0.3, -0.25) is 9.69 Å². The highest BCUT2D eigenvalue weighted by atomic mass is 16.5. The zero-order valence-corrected chi connectivity index (χ0v) is 11.3. The number of hydrogen-bond acceptors (Lipinski definition) is 5. The molecule has 2 fully saturated rings. The standard InChI is InChI=1S/C16H13NO4/c1-17-13-15(17)6-14-10-7(15)2-3-8(18)11(10)21-12(14)9(19)4-5-16(13,14)20/h2-5,12-13,18,20H,6H2,1H3/t12-,13?,14-,15-,16+,17?/m0/s1. The lowest BCUT2D eigenvalue weighted by atomic mass is 9.62. The molecule has 6 atom stereocenters. The number of carbonyl (C=O) groups excluding carboxylic acids is 1. The summed E-state index contributed by atoms with van der Waals surface area (Å²) in [4.78, 5) is 14.5. The van der Waals surface area contributed by atoms with Crippen molar-refractivity contribution in [3.8, 4) is 11.5 Å². The van der Waals surface area contributed by atoms with Crippen LogP contribution in [0.3, 0.4) is 0 Å². The van der Waals surface area contributed by atoms with Gasteiger partial charge >= 0.3 is 0 Å². The predicted molar refractivity (Wildman–Crippen MR) is 71.1 cm³/mol. The Morgan fingerprint density at radius 2 is 2.24 bits per heavy atom. The van der Waals surface area contributed by atoms with E-state index in [2.05, 4.69) is 4.90 Å². The van der Waals surface area contributed by atoms with Gasteiger partial charge < -0.3 is 14.9 Å². The van der Waals surface area contributed by atoms with Gasteiger partial charge in [0, 0.05) is 5.56 Å². The van der Waals surface area contributed by atoms with Crippen LogP contribution in [-0.4, -0.2) is 45.7 Å². The maximum absolute atomic E-state index is 12.3. The maximum Gasteiger partial charge on any atom is 0.196 e. The summed E-state index contributed by atoms with van der Waals surface area (Å²) in [5.41, 5.74) is -0.0543. The summed E-state index contributed by atoms with van der Waals surface area (Å²) in [5.74, 6) is 0.322. The Labute approximate surface area is 120 Å². The molecule has 5 aliphatic rings. The molecule has 0 aromatic heterocycles. The first-order chi connectivity index (χ1) is 9.98. The number of ketones is 1. The number of likely N-dealkylation sites (tertiary alicyclic amines) is 1. The first kappa shape index (κ1) is 10.8. The first-order valence-electron chi connectivity index (χ1n) is 7.20. The van der Waals surface area contributed by atoms with Crippen LogP contribution in [0, 0.1) is 0 Å². The fourth-order valence-corrected chi connectivity index (χ4v) is 5.87. The Hall–Kier alpha value is -1.85. The highest BCUT2D eigenvalue weighted by Crippen LogP contribution is 2.80. The van der Waals surface area contributed by atoms with Crippen molar-refractivity contribution >= 4 is 5.78 Å². The molecule has 1 aromatic carbocycles. The zero-order chi connectivity index (χ0) is 14.4. The average molecular weight is 283 g/mol. The maximum atomic E-state index is 12.3. The summed E-state index contributed by atoms with van der Waals surface area (Å²) in [5, 5.41) is 21.5. The van der Waals surface area contributed by atoms with Gasteiger partial charge in [0.25, 0.3) is 0 Å². The number of hydrogen-bond donors (Lipinski definition) is 2. The number of aliphatic hydroxyl groups is 1. The van der Waals surface area contributed by atoms with Crippen molar-refractivity contribution in [2.75, 3.05) is 7.05 Å². The third-order valence-corrected chi connectivity index (χ3v) is 6.57. The number of fused-ring (bicyclic) bond motifs is 1. The van der Waals surface area contributed by atoms with Crippen molar-refractivity contribution in [2.45, 2.75) is 35.1 Å². The lowest BCUT2D eigenvalue weighted by molar-refractivity contribution is -0.130. The third-order valence-electron chi connectivity index (χ3n) is 6.57. The van der Waals surface area contributed by atoms with Gasteiger partial charge in [-0.1, -0.05) is 6.07 Å². The van der Waals surface area contributed by atoms with Gasteiger partial charge in [0.2, 0.25) is 0 Å². The second-order valence-corrected chi connectivity index (χ2v) is 6.98. The summed E-state index contributed by atoms with van der Waals surface area (Å²) >= 11 is 0. The normalized spacial score (nSPS) is 52.7. The summed E-state index contributed by atoms with van der Waals surface area (Å²) in [6.07, 6.45) is 3.08. The van der Waals surface area contributed by atoms with Crippen molar-refractivity contribution in [1.29, 1.82) is 0 Å². The number of phenols is 1. The van der Waals surface area contributed by atoms with Crippen molar-refractivity contribution in [1.82, 2.24) is 4.90 Å². The molecular weight excluding hydrogens is 270 g/mol. The van der Waals surface area contributed by atoms with E-state index in [0.717, 1.165) is 11.1 Å². The number of carbonyl (C=O) groups is 1. The molecule has 2 N–H and O–H groups in total. The number of likely N-dealkylation sites (N-methyl/N-ethyl adjacent to an activating group) is 1. The van der Waals surface area contributed by atoms with E-state index in [0.29, 0.717) is 12.2 Å². The molecule has 2 heterocycles. The number of rotatable bonds is 0. The molecule has 5 heteroatoms. The topological polar surface area (TPSA) is 69.8 Å². The average Bonchev–Trinajstić information content (AvgIpc) is 2.76. The number of nitrogens with zero attached hydrogens (tertiary/aromatic N) is 1. The molecule has 2 spiro atoms. The first-order valence-corrected chi connectivity index (χ1v) is 7.20. The van der Waals surface area contributed by atoms with Crippen LogP contribution < -0.4 is 4.74 Å². The SMILES string of the molecule is CN1C2[C@@]13C[C@]14c5c3ccc(O)c5O[C@H]1C(=O)C=C[C@@]24O. The van der Waals surface area contributed by atoms with Crippen LogP contribution in [0.25, 0.3) is 0 Å². The Morgan fingerprint density at radius 1 is 1.43 bits per heavy atom. The Balaban J connectivity index is 1.82. The van der Waals surface area contributed by atoms with Gasteiger partial charge in [-0.25, -0.2) is 0 Å². The zero-order valence-electron chi connectivity index (χ0n) is 11.3. The van der Waals surface area contributed by atoms with Gasteiger partial charge in [0.05, 0.1) is 17.0 Å². The summed E-state index contributed by atoms with van der Waals surface area (Å²) < 4.78 is 5.82. The van der Waals surface area contributed by atoms with Crippen LogP contribution in [-0.2, 0) is 15.7 Å². The van der Waals surface area contributed by atoms with E-state index in [-0.39, 0.29) is 23.1 Å².